The molecule has 2 fully saturated rings. The van der Waals surface area contributed by atoms with Gasteiger partial charge in [0.25, 0.3) is 0 Å². The first-order valence-electron chi connectivity index (χ1n) is 9.25. The number of methoxy groups -OCH3 is 1. The van der Waals surface area contributed by atoms with Gasteiger partial charge in [-0.25, -0.2) is 0 Å². The van der Waals surface area contributed by atoms with E-state index >= 15 is 0 Å². The smallest absolute Gasteiger partial charge is 0.120 e. The summed E-state index contributed by atoms with van der Waals surface area (Å²) in [6.45, 7) is 6.98. The van der Waals surface area contributed by atoms with Crippen LogP contribution in [-0.4, -0.2) is 42.5 Å². The SMILES string of the molecule is COC1(CCC=O)CCN2CC(C)(c3ccccc3)CCC2(C)C1. The molecule has 2 saturated heterocycles. The molecule has 3 atom stereocenters. The van der Waals surface area contributed by atoms with Gasteiger partial charge in [-0.15, -0.1) is 0 Å². The molecule has 3 unspecified atom stereocenters. The molecule has 2 aliphatic rings. The zero-order valence-corrected chi connectivity index (χ0v) is 15.4. The minimum absolute atomic E-state index is 0.118. The Bertz CT molecular complexity index is 574. The fourth-order valence-electron chi connectivity index (χ4n) is 4.95. The van der Waals surface area contributed by atoms with Crippen molar-refractivity contribution in [3.05, 3.63) is 35.9 Å². The molecule has 0 aliphatic carbocycles. The molecule has 0 saturated carbocycles. The lowest BCUT2D eigenvalue weighted by Gasteiger charge is -2.58. The molecule has 2 heterocycles. The first-order valence-corrected chi connectivity index (χ1v) is 9.25. The Morgan fingerprint density at radius 2 is 1.92 bits per heavy atom. The van der Waals surface area contributed by atoms with Crippen molar-refractivity contribution < 1.29 is 9.53 Å². The van der Waals surface area contributed by atoms with E-state index < -0.39 is 0 Å². The van der Waals surface area contributed by atoms with Gasteiger partial charge in [-0.1, -0.05) is 37.3 Å². The van der Waals surface area contributed by atoms with Gasteiger partial charge in [-0.3, -0.25) is 4.90 Å². The van der Waals surface area contributed by atoms with Crippen LogP contribution in [-0.2, 0) is 14.9 Å². The summed E-state index contributed by atoms with van der Waals surface area (Å²) in [4.78, 5) is 13.5. The second-order valence-electron chi connectivity index (χ2n) is 8.36. The lowest BCUT2D eigenvalue weighted by molar-refractivity contribution is -0.132. The lowest BCUT2D eigenvalue weighted by Crippen LogP contribution is -2.63. The molecular formula is C21H31NO2. The second kappa shape index (κ2) is 6.61. The van der Waals surface area contributed by atoms with Crippen molar-refractivity contribution in [2.75, 3.05) is 20.2 Å². The van der Waals surface area contributed by atoms with Crippen LogP contribution in [0.15, 0.2) is 30.3 Å². The van der Waals surface area contributed by atoms with Crippen molar-refractivity contribution in [2.45, 2.75) is 68.9 Å². The summed E-state index contributed by atoms with van der Waals surface area (Å²) in [5, 5.41) is 0. The third-order valence-corrected chi connectivity index (χ3v) is 6.68. The predicted octanol–water partition coefficient (Wildman–Crippen LogP) is 3.96. The van der Waals surface area contributed by atoms with Gasteiger partial charge >= 0.3 is 0 Å². The molecule has 0 bridgehead atoms. The van der Waals surface area contributed by atoms with Gasteiger partial charge in [0, 0.05) is 37.6 Å². The number of fused-ring (bicyclic) bond motifs is 1. The van der Waals surface area contributed by atoms with Gasteiger partial charge < -0.3 is 9.53 Å². The van der Waals surface area contributed by atoms with E-state index in [-0.39, 0.29) is 16.6 Å². The molecule has 3 nitrogen and oxygen atoms in total. The monoisotopic (exact) mass is 329 g/mol. The Kier molecular flexibility index (Phi) is 4.85. The van der Waals surface area contributed by atoms with Gasteiger partial charge in [0.05, 0.1) is 5.60 Å². The number of hydrogen-bond donors (Lipinski definition) is 0. The highest BCUT2D eigenvalue weighted by atomic mass is 16.5. The van der Waals surface area contributed by atoms with Crippen LogP contribution in [0.5, 0.6) is 0 Å². The summed E-state index contributed by atoms with van der Waals surface area (Å²) < 4.78 is 5.95. The van der Waals surface area contributed by atoms with Crippen LogP contribution < -0.4 is 0 Å². The van der Waals surface area contributed by atoms with Crippen LogP contribution in [0.25, 0.3) is 0 Å². The lowest BCUT2D eigenvalue weighted by atomic mass is 9.65. The van der Waals surface area contributed by atoms with Crippen LogP contribution in [0.3, 0.4) is 0 Å². The summed E-state index contributed by atoms with van der Waals surface area (Å²) in [7, 11) is 1.82. The van der Waals surface area contributed by atoms with Gasteiger partial charge in [0.2, 0.25) is 0 Å². The van der Waals surface area contributed by atoms with E-state index in [2.05, 4.69) is 49.1 Å². The first kappa shape index (κ1) is 17.6. The summed E-state index contributed by atoms with van der Waals surface area (Å²) in [6.07, 6.45) is 6.94. The van der Waals surface area contributed by atoms with Crippen molar-refractivity contribution >= 4 is 6.29 Å². The third kappa shape index (κ3) is 3.16. The minimum Gasteiger partial charge on any atom is -0.378 e. The predicted molar refractivity (Wildman–Crippen MR) is 97.3 cm³/mol. The van der Waals surface area contributed by atoms with Gasteiger partial charge in [0.15, 0.2) is 0 Å². The fourth-order valence-corrected chi connectivity index (χ4v) is 4.95. The number of nitrogens with zero attached hydrogens (tertiary/aromatic N) is 1. The van der Waals surface area contributed by atoms with Crippen molar-refractivity contribution in [3.8, 4) is 0 Å². The van der Waals surface area contributed by atoms with Gasteiger partial charge in [-0.05, 0) is 44.6 Å². The van der Waals surface area contributed by atoms with Crippen molar-refractivity contribution in [3.63, 3.8) is 0 Å². The summed E-state index contributed by atoms with van der Waals surface area (Å²) in [6, 6.07) is 11.0. The molecule has 0 N–H and O–H groups in total. The Balaban J connectivity index is 1.77. The minimum atomic E-state index is -0.118. The molecule has 3 rings (SSSR count). The Morgan fingerprint density at radius 3 is 2.58 bits per heavy atom. The number of carbonyl (C=O) groups excluding carboxylic acids is 1. The number of piperidine rings is 2. The quantitative estimate of drug-likeness (QED) is 0.766. The number of hydrogen-bond acceptors (Lipinski definition) is 3. The average molecular weight is 329 g/mol. The number of carbonyl (C=O) groups is 1. The van der Waals surface area contributed by atoms with Crippen LogP contribution in [0.2, 0.25) is 0 Å². The summed E-state index contributed by atoms with van der Waals surface area (Å²) in [5.41, 5.74) is 1.76. The van der Waals surface area contributed by atoms with E-state index in [0.29, 0.717) is 6.42 Å². The summed E-state index contributed by atoms with van der Waals surface area (Å²) >= 11 is 0. The van der Waals surface area contributed by atoms with Crippen molar-refractivity contribution in [1.82, 2.24) is 4.90 Å². The van der Waals surface area contributed by atoms with E-state index in [0.717, 1.165) is 38.6 Å². The number of rotatable bonds is 5. The zero-order chi connectivity index (χ0) is 17.3. The molecule has 0 amide bonds. The maximum atomic E-state index is 10.8. The highest BCUT2D eigenvalue weighted by Gasteiger charge is 2.51. The molecule has 1 aromatic rings. The van der Waals surface area contributed by atoms with Crippen LogP contribution >= 0.6 is 0 Å². The Morgan fingerprint density at radius 1 is 1.17 bits per heavy atom. The number of aldehydes is 1. The molecule has 2 aliphatic heterocycles. The van der Waals surface area contributed by atoms with Crippen molar-refractivity contribution in [1.29, 1.82) is 0 Å². The largest absolute Gasteiger partial charge is 0.378 e. The van der Waals surface area contributed by atoms with Crippen LogP contribution in [0.1, 0.15) is 57.9 Å². The zero-order valence-electron chi connectivity index (χ0n) is 15.4. The Labute approximate surface area is 146 Å². The molecule has 0 aromatic heterocycles. The molecule has 24 heavy (non-hydrogen) atoms. The van der Waals surface area contributed by atoms with E-state index in [1.165, 1.54) is 18.4 Å². The maximum Gasteiger partial charge on any atom is 0.120 e. The first-order chi connectivity index (χ1) is 11.5. The van der Waals surface area contributed by atoms with Gasteiger partial charge in [-0.2, -0.15) is 0 Å². The van der Waals surface area contributed by atoms with Crippen LogP contribution in [0, 0.1) is 0 Å². The highest BCUT2D eigenvalue weighted by molar-refractivity contribution is 5.49. The molecule has 0 radical (unpaired) electrons. The molecule has 0 spiro atoms. The Hall–Kier alpha value is -1.19. The molecule has 3 heteroatoms. The fraction of sp³-hybridized carbons (Fsp3) is 0.667. The van der Waals surface area contributed by atoms with Crippen LogP contribution in [0.4, 0.5) is 0 Å². The van der Waals surface area contributed by atoms with E-state index in [1.807, 2.05) is 7.11 Å². The molecule has 1 aromatic carbocycles. The molecular weight excluding hydrogens is 298 g/mol. The normalized spacial score (nSPS) is 37.0. The molecule has 132 valence electrons. The maximum absolute atomic E-state index is 10.8. The van der Waals surface area contributed by atoms with E-state index in [1.54, 1.807) is 0 Å². The van der Waals surface area contributed by atoms with Crippen molar-refractivity contribution in [2.24, 2.45) is 0 Å². The third-order valence-electron chi connectivity index (χ3n) is 6.68. The number of ether oxygens (including phenoxy) is 1. The standard InChI is InChI=1S/C21H31NO2/c1-19(18-8-5-4-6-9-18)11-12-20(2)16-21(24-3,10-7-15-23)13-14-22(20)17-19/h4-6,8-9,15H,7,10-14,16-17H2,1-3H3. The highest BCUT2D eigenvalue weighted by Crippen LogP contribution is 2.48. The van der Waals surface area contributed by atoms with Gasteiger partial charge in [0.1, 0.15) is 6.29 Å². The van der Waals surface area contributed by atoms with E-state index in [4.69, 9.17) is 4.74 Å². The van der Waals surface area contributed by atoms with E-state index in [9.17, 15) is 4.79 Å². The topological polar surface area (TPSA) is 29.5 Å². The second-order valence-corrected chi connectivity index (χ2v) is 8.36. The number of benzene rings is 1. The average Bonchev–Trinajstić information content (AvgIpc) is 2.61. The summed E-state index contributed by atoms with van der Waals surface area (Å²) in [5.74, 6) is 0.